The summed E-state index contributed by atoms with van der Waals surface area (Å²) >= 11 is 0. The third kappa shape index (κ3) is 2.74. The molecule has 2 rings (SSSR count). The van der Waals surface area contributed by atoms with E-state index < -0.39 is 24.4 Å². The molecule has 2 N–H and O–H groups in total. The summed E-state index contributed by atoms with van der Waals surface area (Å²) in [6.45, 7) is 0.845. The summed E-state index contributed by atoms with van der Waals surface area (Å²) in [5.74, 6) is -4.14. The van der Waals surface area contributed by atoms with E-state index >= 15 is 0 Å². The minimum absolute atomic E-state index is 0.211. The highest BCUT2D eigenvalue weighted by atomic mass is 19.3. The Balaban J connectivity index is 1.87. The number of halogens is 2. The molecule has 2 aliphatic rings. The van der Waals surface area contributed by atoms with Crippen LogP contribution in [0.15, 0.2) is 0 Å². The number of nitrogens with two attached hydrogens (primary N) is 1. The van der Waals surface area contributed by atoms with E-state index in [9.17, 15) is 13.6 Å². The van der Waals surface area contributed by atoms with Crippen molar-refractivity contribution in [3.05, 3.63) is 0 Å². The van der Waals surface area contributed by atoms with E-state index in [1.54, 1.807) is 0 Å². The number of carbonyl (C=O) groups excluding carboxylic acids is 1. The standard InChI is InChI=1S/C11H18F2N2O2/c1-15(9(5-14)7-2-3-7)6-8-4-11(12,13)10(16)17-8/h7-9H,2-6,14H2,1H3. The summed E-state index contributed by atoms with van der Waals surface area (Å²) in [4.78, 5) is 12.8. The first kappa shape index (κ1) is 12.7. The number of likely N-dealkylation sites (N-methyl/N-ethyl adjacent to an activating group) is 1. The van der Waals surface area contributed by atoms with Gasteiger partial charge in [-0.1, -0.05) is 0 Å². The van der Waals surface area contributed by atoms with Gasteiger partial charge in [-0.3, -0.25) is 4.90 Å². The second-order valence-corrected chi connectivity index (χ2v) is 5.02. The van der Waals surface area contributed by atoms with Gasteiger partial charge in [-0.25, -0.2) is 4.79 Å². The molecule has 2 fully saturated rings. The Kier molecular flexibility index (Phi) is 3.36. The maximum Gasteiger partial charge on any atom is 0.377 e. The fourth-order valence-corrected chi connectivity index (χ4v) is 2.42. The van der Waals surface area contributed by atoms with Gasteiger partial charge in [0.1, 0.15) is 6.10 Å². The van der Waals surface area contributed by atoms with Gasteiger partial charge in [0.05, 0.1) is 6.42 Å². The van der Waals surface area contributed by atoms with Gasteiger partial charge in [-0.15, -0.1) is 0 Å². The Morgan fingerprint density at radius 1 is 1.59 bits per heavy atom. The smallest absolute Gasteiger partial charge is 0.377 e. The predicted octanol–water partition coefficient (Wildman–Crippen LogP) is 0.606. The molecule has 0 spiro atoms. The highest BCUT2D eigenvalue weighted by Crippen LogP contribution is 2.36. The Bertz CT molecular complexity index is 308. The van der Waals surface area contributed by atoms with Crippen LogP contribution in [0, 0.1) is 5.92 Å². The van der Waals surface area contributed by atoms with Crippen LogP contribution >= 0.6 is 0 Å². The largest absolute Gasteiger partial charge is 0.456 e. The van der Waals surface area contributed by atoms with E-state index in [1.807, 2.05) is 11.9 Å². The highest BCUT2D eigenvalue weighted by Gasteiger charge is 2.51. The molecule has 4 nitrogen and oxygen atoms in total. The van der Waals surface area contributed by atoms with Crippen molar-refractivity contribution in [3.8, 4) is 0 Å². The van der Waals surface area contributed by atoms with Gasteiger partial charge in [0.15, 0.2) is 0 Å². The van der Waals surface area contributed by atoms with Crippen molar-refractivity contribution in [2.24, 2.45) is 11.7 Å². The molecule has 0 aromatic carbocycles. The quantitative estimate of drug-likeness (QED) is 0.724. The number of rotatable bonds is 5. The van der Waals surface area contributed by atoms with Crippen LogP contribution in [0.5, 0.6) is 0 Å². The van der Waals surface area contributed by atoms with E-state index in [0.717, 1.165) is 12.8 Å². The van der Waals surface area contributed by atoms with Crippen molar-refractivity contribution < 1.29 is 18.3 Å². The van der Waals surface area contributed by atoms with E-state index in [-0.39, 0.29) is 6.04 Å². The molecule has 0 amide bonds. The molecule has 1 aliphatic carbocycles. The Labute approximate surface area is 99.1 Å². The average Bonchev–Trinajstić information content (AvgIpc) is 2.98. The summed E-state index contributed by atoms with van der Waals surface area (Å²) < 4.78 is 30.6. The molecule has 0 aromatic heterocycles. The van der Waals surface area contributed by atoms with Crippen LogP contribution in [0.1, 0.15) is 19.3 Å². The van der Waals surface area contributed by atoms with E-state index in [4.69, 9.17) is 5.73 Å². The lowest BCUT2D eigenvalue weighted by molar-refractivity contribution is -0.159. The second kappa shape index (κ2) is 4.49. The lowest BCUT2D eigenvalue weighted by Gasteiger charge is -2.28. The minimum Gasteiger partial charge on any atom is -0.456 e. The number of esters is 1. The monoisotopic (exact) mass is 248 g/mol. The average molecular weight is 248 g/mol. The predicted molar refractivity (Wildman–Crippen MR) is 57.6 cm³/mol. The summed E-state index contributed by atoms with van der Waals surface area (Å²) in [5, 5.41) is 0. The summed E-state index contributed by atoms with van der Waals surface area (Å²) in [7, 11) is 1.85. The fourth-order valence-electron chi connectivity index (χ4n) is 2.42. The number of nitrogens with zero attached hydrogens (tertiary/aromatic N) is 1. The molecule has 98 valence electrons. The fraction of sp³-hybridized carbons (Fsp3) is 0.909. The van der Waals surface area contributed by atoms with Crippen LogP contribution in [0.25, 0.3) is 0 Å². The summed E-state index contributed by atoms with van der Waals surface area (Å²) in [6.07, 6.45) is 1.06. The first-order chi connectivity index (χ1) is 7.94. The van der Waals surface area contributed by atoms with Crippen molar-refractivity contribution in [3.63, 3.8) is 0 Å². The normalized spacial score (nSPS) is 29.5. The van der Waals surface area contributed by atoms with Gasteiger partial charge >= 0.3 is 11.9 Å². The van der Waals surface area contributed by atoms with Gasteiger partial charge in [-0.2, -0.15) is 8.78 Å². The lowest BCUT2D eigenvalue weighted by Crippen LogP contribution is -2.43. The maximum absolute atomic E-state index is 13.0. The van der Waals surface area contributed by atoms with Gasteiger partial charge in [0.2, 0.25) is 0 Å². The van der Waals surface area contributed by atoms with Gasteiger partial charge in [-0.05, 0) is 25.8 Å². The Morgan fingerprint density at radius 2 is 2.24 bits per heavy atom. The van der Waals surface area contributed by atoms with Crippen LogP contribution in [0.2, 0.25) is 0 Å². The maximum atomic E-state index is 13.0. The summed E-state index contributed by atoms with van der Waals surface area (Å²) in [6, 6.07) is 0.211. The number of hydrogen-bond acceptors (Lipinski definition) is 4. The first-order valence-corrected chi connectivity index (χ1v) is 5.93. The Hall–Kier alpha value is -0.750. The van der Waals surface area contributed by atoms with Crippen LogP contribution in [-0.4, -0.2) is 49.1 Å². The number of hydrogen-bond donors (Lipinski definition) is 1. The van der Waals surface area contributed by atoms with Crippen LogP contribution < -0.4 is 5.73 Å². The van der Waals surface area contributed by atoms with E-state index in [1.165, 1.54) is 0 Å². The third-order valence-electron chi connectivity index (χ3n) is 3.52. The molecule has 0 aromatic rings. The molecule has 2 atom stereocenters. The van der Waals surface area contributed by atoms with Crippen molar-refractivity contribution >= 4 is 5.97 Å². The van der Waals surface area contributed by atoms with Crippen molar-refractivity contribution in [2.45, 2.75) is 37.3 Å². The molecule has 0 bridgehead atoms. The third-order valence-corrected chi connectivity index (χ3v) is 3.52. The molecular weight excluding hydrogens is 230 g/mol. The van der Waals surface area contributed by atoms with E-state index in [2.05, 4.69) is 4.74 Å². The lowest BCUT2D eigenvalue weighted by atomic mass is 10.1. The molecule has 1 aliphatic heterocycles. The number of ether oxygens (including phenoxy) is 1. The summed E-state index contributed by atoms with van der Waals surface area (Å²) in [5.41, 5.74) is 5.67. The van der Waals surface area contributed by atoms with Crippen molar-refractivity contribution in [1.82, 2.24) is 4.90 Å². The van der Waals surface area contributed by atoms with Crippen LogP contribution in [0.3, 0.4) is 0 Å². The molecule has 17 heavy (non-hydrogen) atoms. The van der Waals surface area contributed by atoms with Crippen molar-refractivity contribution in [1.29, 1.82) is 0 Å². The molecule has 1 saturated heterocycles. The SMILES string of the molecule is CN(CC1CC(F)(F)C(=O)O1)C(CN)C1CC1. The zero-order valence-corrected chi connectivity index (χ0v) is 9.86. The number of alkyl halides is 2. The molecular formula is C11H18F2N2O2. The number of cyclic esters (lactones) is 1. The molecule has 1 saturated carbocycles. The minimum atomic E-state index is -3.32. The van der Waals surface area contributed by atoms with Gasteiger partial charge in [0, 0.05) is 19.1 Å². The molecule has 6 heteroatoms. The first-order valence-electron chi connectivity index (χ1n) is 5.93. The zero-order valence-electron chi connectivity index (χ0n) is 9.86. The van der Waals surface area contributed by atoms with Crippen molar-refractivity contribution in [2.75, 3.05) is 20.1 Å². The second-order valence-electron chi connectivity index (χ2n) is 5.02. The Morgan fingerprint density at radius 3 is 2.65 bits per heavy atom. The number of carbonyl (C=O) groups is 1. The van der Waals surface area contributed by atoms with Gasteiger partial charge in [0.25, 0.3) is 0 Å². The van der Waals surface area contributed by atoms with Crippen LogP contribution in [-0.2, 0) is 9.53 Å². The van der Waals surface area contributed by atoms with Gasteiger partial charge < -0.3 is 10.5 Å². The van der Waals surface area contributed by atoms with Crippen LogP contribution in [0.4, 0.5) is 8.78 Å². The zero-order chi connectivity index (χ0) is 12.6. The molecule has 0 radical (unpaired) electrons. The molecule has 2 unspecified atom stereocenters. The topological polar surface area (TPSA) is 55.6 Å². The molecule has 1 heterocycles. The highest BCUT2D eigenvalue weighted by molar-refractivity contribution is 5.79. The van der Waals surface area contributed by atoms with E-state index in [0.29, 0.717) is 19.0 Å².